The molecule has 7 heteroatoms. The predicted octanol–water partition coefficient (Wildman–Crippen LogP) is 4.11. The number of carbonyl (C=O) groups is 1. The number of hydrogen-bond acceptors (Lipinski definition) is 3. The van der Waals surface area contributed by atoms with E-state index in [2.05, 4.69) is 26.5 Å². The van der Waals surface area contributed by atoms with Gasteiger partial charge in [0.1, 0.15) is 0 Å². The van der Waals surface area contributed by atoms with E-state index in [9.17, 15) is 4.79 Å². The summed E-state index contributed by atoms with van der Waals surface area (Å²) in [4.78, 5) is 11.6. The maximum absolute atomic E-state index is 11.6. The average molecular weight is 362 g/mol. The van der Waals surface area contributed by atoms with Crippen molar-refractivity contribution in [2.45, 2.75) is 0 Å². The summed E-state index contributed by atoms with van der Waals surface area (Å²) < 4.78 is 5.55. The average Bonchev–Trinajstić information content (AvgIpc) is 2.81. The molecule has 0 atom stereocenters. The first-order valence-electron chi connectivity index (χ1n) is 5.10. The molecule has 0 fully saturated rings. The van der Waals surface area contributed by atoms with E-state index in [4.69, 9.17) is 27.6 Å². The molecule has 0 saturated carbocycles. The Balaban J connectivity index is 2.04. The molecule has 0 radical (unpaired) electrons. The van der Waals surface area contributed by atoms with Gasteiger partial charge in [-0.25, -0.2) is 5.43 Å². The largest absolute Gasteiger partial charge is 0.444 e. The van der Waals surface area contributed by atoms with Crippen LogP contribution in [0.25, 0.3) is 0 Å². The summed E-state index contributed by atoms with van der Waals surface area (Å²) >= 11 is 14.9. The van der Waals surface area contributed by atoms with Crippen molar-refractivity contribution in [2.24, 2.45) is 5.10 Å². The van der Waals surface area contributed by atoms with E-state index in [1.807, 2.05) is 0 Å². The molecule has 1 aromatic heterocycles. The highest BCUT2D eigenvalue weighted by molar-refractivity contribution is 9.10. The van der Waals surface area contributed by atoms with E-state index in [0.29, 0.717) is 20.3 Å². The lowest BCUT2D eigenvalue weighted by atomic mass is 10.2. The van der Waals surface area contributed by atoms with Gasteiger partial charge in [0.05, 0.1) is 16.3 Å². The standard InChI is InChI=1S/C12H7BrCl2N2O2/c13-10-5-4-9(19-10)12(18)17-16-6-7-2-1-3-8(14)11(7)15/h1-6H,(H,17,18). The molecule has 0 aliphatic carbocycles. The second-order valence-electron chi connectivity index (χ2n) is 3.45. The fraction of sp³-hybridized carbons (Fsp3) is 0. The van der Waals surface area contributed by atoms with Crippen LogP contribution in [-0.4, -0.2) is 12.1 Å². The van der Waals surface area contributed by atoms with Crippen LogP contribution in [0.15, 0.2) is 44.5 Å². The predicted molar refractivity (Wildman–Crippen MR) is 77.9 cm³/mol. The summed E-state index contributed by atoms with van der Waals surface area (Å²) in [6.07, 6.45) is 1.41. The van der Waals surface area contributed by atoms with Gasteiger partial charge in [-0.05, 0) is 34.1 Å². The highest BCUT2D eigenvalue weighted by Crippen LogP contribution is 2.24. The number of benzene rings is 1. The topological polar surface area (TPSA) is 54.6 Å². The Morgan fingerprint density at radius 3 is 2.79 bits per heavy atom. The van der Waals surface area contributed by atoms with Crippen molar-refractivity contribution in [1.29, 1.82) is 0 Å². The number of hydrogen-bond donors (Lipinski definition) is 1. The van der Waals surface area contributed by atoms with Gasteiger partial charge in [-0.15, -0.1) is 0 Å². The normalized spacial score (nSPS) is 10.9. The first kappa shape index (κ1) is 14.1. The van der Waals surface area contributed by atoms with Crippen LogP contribution in [0.4, 0.5) is 0 Å². The summed E-state index contributed by atoms with van der Waals surface area (Å²) in [5.74, 6) is -0.304. The molecular formula is C12H7BrCl2N2O2. The van der Waals surface area contributed by atoms with Gasteiger partial charge in [0, 0.05) is 5.56 Å². The zero-order valence-corrected chi connectivity index (χ0v) is 12.5. The summed E-state index contributed by atoms with van der Waals surface area (Å²) in [5.41, 5.74) is 2.93. The Kier molecular flexibility index (Phi) is 4.63. The van der Waals surface area contributed by atoms with E-state index in [-0.39, 0.29) is 5.76 Å². The number of halogens is 3. The monoisotopic (exact) mass is 360 g/mol. The molecule has 0 aliphatic rings. The van der Waals surface area contributed by atoms with Crippen LogP contribution in [0.5, 0.6) is 0 Å². The van der Waals surface area contributed by atoms with Gasteiger partial charge in [0.15, 0.2) is 10.4 Å². The molecule has 1 heterocycles. The molecule has 0 spiro atoms. The van der Waals surface area contributed by atoms with Crippen molar-refractivity contribution in [3.8, 4) is 0 Å². The summed E-state index contributed by atoms with van der Waals surface area (Å²) in [6.45, 7) is 0. The molecule has 0 unspecified atom stereocenters. The molecule has 1 aromatic carbocycles. The van der Waals surface area contributed by atoms with Gasteiger partial charge in [0.25, 0.3) is 0 Å². The lowest BCUT2D eigenvalue weighted by Gasteiger charge is -1.99. The smallest absolute Gasteiger partial charge is 0.307 e. The lowest BCUT2D eigenvalue weighted by Crippen LogP contribution is -2.16. The number of carbonyl (C=O) groups excluding carboxylic acids is 1. The molecule has 0 bridgehead atoms. The third kappa shape index (κ3) is 3.59. The molecular weight excluding hydrogens is 355 g/mol. The van der Waals surface area contributed by atoms with Crippen LogP contribution in [0.1, 0.15) is 16.1 Å². The third-order valence-corrected chi connectivity index (χ3v) is 3.41. The third-order valence-electron chi connectivity index (χ3n) is 2.15. The van der Waals surface area contributed by atoms with E-state index >= 15 is 0 Å². The quantitative estimate of drug-likeness (QED) is 0.660. The van der Waals surface area contributed by atoms with Crippen molar-refractivity contribution in [2.75, 3.05) is 0 Å². The molecule has 2 rings (SSSR count). The second kappa shape index (κ2) is 6.23. The summed E-state index contributed by atoms with van der Waals surface area (Å²) in [6, 6.07) is 8.28. The zero-order chi connectivity index (χ0) is 13.8. The minimum Gasteiger partial charge on any atom is -0.444 e. The molecule has 0 saturated heterocycles. The van der Waals surface area contributed by atoms with Gasteiger partial charge in [-0.1, -0.05) is 35.3 Å². The molecule has 0 aliphatic heterocycles. The van der Waals surface area contributed by atoms with Gasteiger partial charge < -0.3 is 4.42 Å². The Morgan fingerprint density at radius 1 is 1.32 bits per heavy atom. The second-order valence-corrected chi connectivity index (χ2v) is 5.01. The van der Waals surface area contributed by atoms with E-state index in [1.54, 1.807) is 24.3 Å². The van der Waals surface area contributed by atoms with Crippen molar-refractivity contribution < 1.29 is 9.21 Å². The first-order chi connectivity index (χ1) is 9.08. The lowest BCUT2D eigenvalue weighted by molar-refractivity contribution is 0.0926. The number of hydrazone groups is 1. The Hall–Kier alpha value is -1.30. The Labute approximate surface area is 127 Å². The fourth-order valence-electron chi connectivity index (χ4n) is 1.27. The molecule has 19 heavy (non-hydrogen) atoms. The Morgan fingerprint density at radius 2 is 2.11 bits per heavy atom. The molecule has 1 N–H and O–H groups in total. The van der Waals surface area contributed by atoms with Gasteiger partial charge in [-0.3, -0.25) is 4.79 Å². The minimum absolute atomic E-state index is 0.154. The van der Waals surface area contributed by atoms with Crippen LogP contribution in [-0.2, 0) is 0 Å². The van der Waals surface area contributed by atoms with Crippen LogP contribution < -0.4 is 5.43 Å². The molecule has 4 nitrogen and oxygen atoms in total. The van der Waals surface area contributed by atoms with Crippen LogP contribution in [0.3, 0.4) is 0 Å². The Bertz CT molecular complexity index is 640. The number of rotatable bonds is 3. The highest BCUT2D eigenvalue weighted by atomic mass is 79.9. The number of amides is 1. The van der Waals surface area contributed by atoms with Crippen LogP contribution >= 0.6 is 39.1 Å². The van der Waals surface area contributed by atoms with Gasteiger partial charge in [0.2, 0.25) is 0 Å². The number of nitrogens with zero attached hydrogens (tertiary/aromatic N) is 1. The fourth-order valence-corrected chi connectivity index (χ4v) is 1.94. The maximum atomic E-state index is 11.6. The van der Waals surface area contributed by atoms with Gasteiger partial charge in [-0.2, -0.15) is 5.10 Å². The minimum atomic E-state index is -0.458. The molecule has 98 valence electrons. The number of furan rings is 1. The van der Waals surface area contributed by atoms with Crippen molar-refractivity contribution >= 4 is 51.3 Å². The van der Waals surface area contributed by atoms with Crippen molar-refractivity contribution in [1.82, 2.24) is 5.43 Å². The number of nitrogens with one attached hydrogen (secondary N) is 1. The van der Waals surface area contributed by atoms with E-state index in [0.717, 1.165) is 0 Å². The molecule has 2 aromatic rings. The summed E-state index contributed by atoms with van der Waals surface area (Å²) in [7, 11) is 0. The first-order valence-corrected chi connectivity index (χ1v) is 6.65. The molecule has 1 amide bonds. The highest BCUT2D eigenvalue weighted by Gasteiger charge is 2.09. The zero-order valence-electron chi connectivity index (χ0n) is 9.36. The van der Waals surface area contributed by atoms with Crippen LogP contribution in [0, 0.1) is 0 Å². The van der Waals surface area contributed by atoms with E-state index in [1.165, 1.54) is 12.3 Å². The van der Waals surface area contributed by atoms with Gasteiger partial charge >= 0.3 is 5.91 Å². The summed E-state index contributed by atoms with van der Waals surface area (Å²) in [5, 5.41) is 4.59. The van der Waals surface area contributed by atoms with Crippen molar-refractivity contribution in [3.05, 3.63) is 56.4 Å². The van der Waals surface area contributed by atoms with E-state index < -0.39 is 5.91 Å². The SMILES string of the molecule is O=C(NN=Cc1cccc(Cl)c1Cl)c1ccc(Br)o1. The maximum Gasteiger partial charge on any atom is 0.307 e. The van der Waals surface area contributed by atoms with Crippen LogP contribution in [0.2, 0.25) is 10.0 Å². The van der Waals surface area contributed by atoms with Crippen molar-refractivity contribution in [3.63, 3.8) is 0 Å².